The molecule has 296 valence electrons. The van der Waals surface area contributed by atoms with E-state index in [1.54, 1.807) is 12.1 Å². The lowest BCUT2D eigenvalue weighted by molar-refractivity contribution is -0.337. The summed E-state index contributed by atoms with van der Waals surface area (Å²) in [4.78, 5) is 26.9. The molecule has 0 amide bonds. The number of aryl methyl sites for hydroxylation is 2. The molecule has 2 fully saturated rings. The van der Waals surface area contributed by atoms with Crippen molar-refractivity contribution in [3.8, 4) is 11.5 Å². The highest BCUT2D eigenvalue weighted by Crippen LogP contribution is 2.40. The molecule has 1 spiro atoms. The molecule has 0 radical (unpaired) electrons. The Morgan fingerprint density at radius 2 is 0.962 bits per heavy atom. The molecule has 0 aromatic heterocycles. The van der Waals surface area contributed by atoms with E-state index in [4.69, 9.17) is 28.4 Å². The van der Waals surface area contributed by atoms with E-state index in [1.165, 1.54) is 0 Å². The SMILES string of the molecule is Cc1cc(CC(C(=O)OCC(C)(C)C2OCC3(CO2)COC(C(C)(C)COC(=O)C(Cc2ccc(O)c(C)c2)C(C)(C)C)OC3)C(C)(C)C)ccc1O. The van der Waals surface area contributed by atoms with Crippen molar-refractivity contribution in [1.29, 1.82) is 0 Å². The first-order valence-electron chi connectivity index (χ1n) is 18.8. The van der Waals surface area contributed by atoms with Crippen LogP contribution in [-0.2, 0) is 50.9 Å². The summed E-state index contributed by atoms with van der Waals surface area (Å²) in [6, 6.07) is 10.8. The molecule has 2 unspecified atom stereocenters. The predicted molar refractivity (Wildman–Crippen MR) is 202 cm³/mol. The van der Waals surface area contributed by atoms with Crippen LogP contribution in [0.4, 0.5) is 0 Å². The average Bonchev–Trinajstić information content (AvgIpc) is 3.06. The fourth-order valence-electron chi connectivity index (χ4n) is 6.76. The van der Waals surface area contributed by atoms with Gasteiger partial charge >= 0.3 is 11.9 Å². The van der Waals surface area contributed by atoms with Crippen molar-refractivity contribution in [1.82, 2.24) is 0 Å². The number of esters is 2. The summed E-state index contributed by atoms with van der Waals surface area (Å²) >= 11 is 0. The summed E-state index contributed by atoms with van der Waals surface area (Å²) in [5, 5.41) is 19.9. The van der Waals surface area contributed by atoms with Crippen LogP contribution in [0.1, 0.15) is 91.5 Å². The van der Waals surface area contributed by atoms with Gasteiger partial charge in [0, 0.05) is 10.8 Å². The zero-order chi connectivity index (χ0) is 39.6. The molecule has 2 aliphatic rings. The van der Waals surface area contributed by atoms with E-state index in [0.717, 1.165) is 22.3 Å². The number of rotatable bonds is 12. The van der Waals surface area contributed by atoms with Crippen LogP contribution in [0.5, 0.6) is 11.5 Å². The van der Waals surface area contributed by atoms with Gasteiger partial charge in [-0.25, -0.2) is 0 Å². The normalized spacial score (nSPS) is 22.6. The molecule has 2 N–H and O–H groups in total. The van der Waals surface area contributed by atoms with Gasteiger partial charge in [0.2, 0.25) is 0 Å². The Morgan fingerprint density at radius 1 is 0.642 bits per heavy atom. The summed E-state index contributed by atoms with van der Waals surface area (Å²) in [5.41, 5.74) is 1.07. The molecule has 10 nitrogen and oxygen atoms in total. The van der Waals surface area contributed by atoms with Gasteiger partial charge in [-0.05, 0) is 71.9 Å². The third-order valence-corrected chi connectivity index (χ3v) is 10.7. The fraction of sp³-hybridized carbons (Fsp3) is 0.674. The van der Waals surface area contributed by atoms with Crippen LogP contribution in [0.2, 0.25) is 0 Å². The maximum atomic E-state index is 13.5. The molecule has 10 heteroatoms. The molecular formula is C43H64O10. The summed E-state index contributed by atoms with van der Waals surface area (Å²) in [5.74, 6) is -0.860. The topological polar surface area (TPSA) is 130 Å². The van der Waals surface area contributed by atoms with Gasteiger partial charge in [-0.3, -0.25) is 9.59 Å². The van der Waals surface area contributed by atoms with E-state index in [0.29, 0.717) is 39.3 Å². The van der Waals surface area contributed by atoms with Gasteiger partial charge in [0.25, 0.3) is 0 Å². The molecule has 2 heterocycles. The number of phenols is 2. The lowest BCUT2D eigenvalue weighted by Gasteiger charge is -2.48. The molecule has 2 aromatic rings. The minimum atomic E-state index is -0.619. The highest BCUT2D eigenvalue weighted by atomic mass is 16.7. The van der Waals surface area contributed by atoms with Crippen molar-refractivity contribution >= 4 is 11.9 Å². The Morgan fingerprint density at radius 3 is 1.25 bits per heavy atom. The van der Waals surface area contributed by atoms with Gasteiger partial charge in [-0.15, -0.1) is 0 Å². The predicted octanol–water partition coefficient (Wildman–Crippen LogP) is 7.70. The van der Waals surface area contributed by atoms with E-state index >= 15 is 0 Å². The number of carbonyl (C=O) groups is 2. The summed E-state index contributed by atoms with van der Waals surface area (Å²) in [6.45, 7) is 25.4. The standard InChI is InChI=1S/C43H64O10/c1-27-17-29(13-15-33(27)44)19-31(39(3,4)5)35(46)48-21-41(9,10)37-50-23-43(24-51-37)25-52-38(53-26-43)42(11,12)22-49-36(47)32(40(6,7)8)20-30-14-16-34(45)28(2)18-30/h13-18,31-32,37-38,44-45H,19-26H2,1-12H3. The second kappa shape index (κ2) is 16.3. The molecule has 2 atom stereocenters. The number of hydrogen-bond donors (Lipinski definition) is 2. The van der Waals surface area contributed by atoms with Crippen LogP contribution < -0.4 is 0 Å². The zero-order valence-electron chi connectivity index (χ0n) is 34.1. The van der Waals surface area contributed by atoms with E-state index in [9.17, 15) is 19.8 Å². The minimum absolute atomic E-state index is 0.122. The molecule has 0 bridgehead atoms. The first-order valence-corrected chi connectivity index (χ1v) is 18.8. The van der Waals surface area contributed by atoms with Gasteiger partial charge in [0.05, 0.1) is 43.7 Å². The first kappa shape index (κ1) is 42.6. The van der Waals surface area contributed by atoms with Crippen molar-refractivity contribution in [3.63, 3.8) is 0 Å². The summed E-state index contributed by atoms with van der Waals surface area (Å²) < 4.78 is 36.9. The van der Waals surface area contributed by atoms with Crippen LogP contribution in [-0.4, -0.2) is 74.4 Å². The monoisotopic (exact) mass is 740 g/mol. The van der Waals surface area contributed by atoms with Gasteiger partial charge in [-0.2, -0.15) is 0 Å². The summed E-state index contributed by atoms with van der Waals surface area (Å²) in [7, 11) is 0. The van der Waals surface area contributed by atoms with Crippen LogP contribution in [0.15, 0.2) is 36.4 Å². The lowest BCUT2D eigenvalue weighted by atomic mass is 9.77. The lowest BCUT2D eigenvalue weighted by Crippen LogP contribution is -2.57. The Bertz CT molecular complexity index is 1440. The zero-order valence-corrected chi connectivity index (χ0v) is 34.1. The Balaban J connectivity index is 1.27. The van der Waals surface area contributed by atoms with Gasteiger partial charge in [0.15, 0.2) is 12.6 Å². The number of phenolic OH excluding ortho intramolecular Hbond substituents is 2. The van der Waals surface area contributed by atoms with E-state index in [1.807, 2.05) is 107 Å². The Labute approximate surface area is 316 Å². The van der Waals surface area contributed by atoms with Crippen LogP contribution in [0.25, 0.3) is 0 Å². The van der Waals surface area contributed by atoms with E-state index in [2.05, 4.69) is 0 Å². The Kier molecular flexibility index (Phi) is 13.1. The number of carbonyl (C=O) groups excluding carboxylic acids is 2. The van der Waals surface area contributed by atoms with Gasteiger partial charge in [0.1, 0.15) is 24.7 Å². The molecule has 0 saturated carbocycles. The van der Waals surface area contributed by atoms with Crippen molar-refractivity contribution in [2.24, 2.45) is 38.9 Å². The molecule has 2 aliphatic heterocycles. The van der Waals surface area contributed by atoms with Crippen molar-refractivity contribution in [3.05, 3.63) is 58.7 Å². The Hall–Kier alpha value is -3.18. The third kappa shape index (κ3) is 11.0. The largest absolute Gasteiger partial charge is 0.508 e. The van der Waals surface area contributed by atoms with Crippen LogP contribution >= 0.6 is 0 Å². The molecule has 4 rings (SSSR count). The first-order chi connectivity index (χ1) is 24.4. The van der Waals surface area contributed by atoms with E-state index in [-0.39, 0.29) is 59.3 Å². The van der Waals surface area contributed by atoms with Crippen molar-refractivity contribution in [2.75, 3.05) is 39.6 Å². The summed E-state index contributed by atoms with van der Waals surface area (Å²) in [6.07, 6.45) is -0.185. The highest BCUT2D eigenvalue weighted by Gasteiger charge is 2.49. The second-order valence-electron chi connectivity index (χ2n) is 19.1. The van der Waals surface area contributed by atoms with Crippen molar-refractivity contribution in [2.45, 2.75) is 109 Å². The molecular weight excluding hydrogens is 676 g/mol. The van der Waals surface area contributed by atoms with Crippen LogP contribution in [0.3, 0.4) is 0 Å². The van der Waals surface area contributed by atoms with Gasteiger partial charge in [-0.1, -0.05) is 93.5 Å². The second-order valence-corrected chi connectivity index (χ2v) is 19.1. The van der Waals surface area contributed by atoms with E-state index < -0.39 is 28.8 Å². The molecule has 2 saturated heterocycles. The number of benzene rings is 2. The third-order valence-electron chi connectivity index (χ3n) is 10.7. The average molecular weight is 741 g/mol. The smallest absolute Gasteiger partial charge is 0.309 e. The molecule has 2 aromatic carbocycles. The quantitative estimate of drug-likeness (QED) is 0.209. The highest BCUT2D eigenvalue weighted by molar-refractivity contribution is 5.74. The number of hydrogen-bond acceptors (Lipinski definition) is 10. The number of aromatic hydroxyl groups is 2. The van der Waals surface area contributed by atoms with Crippen LogP contribution in [0, 0.1) is 52.8 Å². The van der Waals surface area contributed by atoms with Crippen molar-refractivity contribution < 1.29 is 48.2 Å². The van der Waals surface area contributed by atoms with Gasteiger partial charge < -0.3 is 38.6 Å². The minimum Gasteiger partial charge on any atom is -0.508 e. The maximum Gasteiger partial charge on any atom is 0.309 e. The molecule has 53 heavy (non-hydrogen) atoms. The fourth-order valence-corrected chi connectivity index (χ4v) is 6.76. The molecule has 0 aliphatic carbocycles. The number of ether oxygens (including phenoxy) is 6. The maximum absolute atomic E-state index is 13.5.